The van der Waals surface area contributed by atoms with Gasteiger partial charge in [0, 0.05) is 57.4 Å². The fourth-order valence-electron chi connectivity index (χ4n) is 2.90. The summed E-state index contributed by atoms with van der Waals surface area (Å²) in [6.45, 7) is 8.98. The first-order valence-corrected chi connectivity index (χ1v) is 9.49. The average Bonchev–Trinajstić information content (AvgIpc) is 2.80. The summed E-state index contributed by atoms with van der Waals surface area (Å²) < 4.78 is 0. The fourth-order valence-corrected chi connectivity index (χ4v) is 3.04. The molecule has 0 bridgehead atoms. The molecule has 0 atom stereocenters. The zero-order valence-electron chi connectivity index (χ0n) is 15.1. The predicted molar refractivity (Wildman–Crippen MR) is 107 cm³/mol. The van der Waals surface area contributed by atoms with E-state index >= 15 is 0 Å². The summed E-state index contributed by atoms with van der Waals surface area (Å²) in [4.78, 5) is 20.1. The molecule has 1 saturated heterocycles. The number of unbranched alkanes of at least 4 members (excludes halogenated alkanes) is 1. The van der Waals surface area contributed by atoms with E-state index in [1.54, 1.807) is 13.1 Å². The third kappa shape index (κ3) is 8.39. The van der Waals surface area contributed by atoms with Crippen molar-refractivity contribution in [2.75, 3.05) is 45.8 Å². The molecular weight excluding hydrogens is 332 g/mol. The highest BCUT2D eigenvalue weighted by Crippen LogP contribution is 2.05. The molecule has 0 unspecified atom stereocenters. The summed E-state index contributed by atoms with van der Waals surface area (Å²) in [6.07, 6.45) is 7.45. The Balaban J connectivity index is 1.57. The van der Waals surface area contributed by atoms with Crippen molar-refractivity contribution in [2.24, 2.45) is 4.99 Å². The zero-order chi connectivity index (χ0) is 17.9. The summed E-state index contributed by atoms with van der Waals surface area (Å²) in [5.74, 6) is 6.70. The highest BCUT2D eigenvalue weighted by atomic mass is 32.1. The molecule has 2 rings (SSSR count). The van der Waals surface area contributed by atoms with Gasteiger partial charge in [-0.15, -0.1) is 0 Å². The van der Waals surface area contributed by atoms with Crippen molar-refractivity contribution >= 4 is 29.3 Å². The van der Waals surface area contributed by atoms with E-state index in [-0.39, 0.29) is 0 Å². The molecule has 0 saturated carbocycles. The van der Waals surface area contributed by atoms with Crippen LogP contribution in [-0.2, 0) is 4.79 Å². The molecule has 1 N–H and O–H groups in total. The van der Waals surface area contributed by atoms with E-state index < -0.39 is 0 Å². The molecule has 25 heavy (non-hydrogen) atoms. The Hall–Kier alpha value is -1.55. The van der Waals surface area contributed by atoms with Gasteiger partial charge in [0.1, 0.15) is 5.78 Å². The number of carbonyl (C=O) groups is 1. The second-order valence-corrected chi connectivity index (χ2v) is 6.88. The van der Waals surface area contributed by atoms with E-state index in [0.717, 1.165) is 64.1 Å². The maximum atomic E-state index is 11.0. The van der Waals surface area contributed by atoms with Crippen molar-refractivity contribution in [2.45, 2.75) is 32.6 Å². The molecule has 0 radical (unpaired) electrons. The van der Waals surface area contributed by atoms with Crippen LogP contribution < -0.4 is 5.32 Å². The highest BCUT2D eigenvalue weighted by molar-refractivity contribution is 7.80. The largest absolute Gasteiger partial charge is 0.357 e. The number of thiocarbonyl (C=S) groups is 1. The fraction of sp³-hybridized carbons (Fsp3) is 0.632. The first-order valence-electron chi connectivity index (χ1n) is 9.08. The van der Waals surface area contributed by atoms with Crippen LogP contribution in [0.15, 0.2) is 16.6 Å². The Bertz CT molecular complexity index is 580. The lowest BCUT2D eigenvalue weighted by Crippen LogP contribution is -2.46. The van der Waals surface area contributed by atoms with Gasteiger partial charge in [0.05, 0.1) is 0 Å². The van der Waals surface area contributed by atoms with Crippen LogP contribution in [0.3, 0.4) is 0 Å². The normalized spacial score (nSPS) is 18.8. The molecule has 1 fully saturated rings. The Morgan fingerprint density at radius 2 is 1.92 bits per heavy atom. The topological polar surface area (TPSA) is 47.9 Å². The van der Waals surface area contributed by atoms with E-state index in [2.05, 4.69) is 31.9 Å². The number of nitrogens with one attached hydrogen (secondary N) is 1. The van der Waals surface area contributed by atoms with Crippen LogP contribution in [0, 0.1) is 11.8 Å². The van der Waals surface area contributed by atoms with E-state index in [1.807, 2.05) is 6.08 Å². The Kier molecular flexibility index (Phi) is 8.81. The molecule has 2 aliphatic heterocycles. The van der Waals surface area contributed by atoms with E-state index in [1.165, 1.54) is 0 Å². The van der Waals surface area contributed by atoms with Gasteiger partial charge in [0.25, 0.3) is 0 Å². The van der Waals surface area contributed by atoms with Crippen LogP contribution in [0.25, 0.3) is 0 Å². The third-order valence-corrected chi connectivity index (χ3v) is 4.62. The van der Waals surface area contributed by atoms with Gasteiger partial charge in [0.15, 0.2) is 5.11 Å². The first kappa shape index (κ1) is 19.8. The summed E-state index contributed by atoms with van der Waals surface area (Å²) in [5.41, 5.74) is 0.937. The summed E-state index contributed by atoms with van der Waals surface area (Å²) in [7, 11) is 0. The number of rotatable bonds is 7. The Morgan fingerprint density at radius 1 is 1.24 bits per heavy atom. The molecule has 0 spiro atoms. The number of carbonyl (C=O) groups excluding carboxylic acids is 1. The predicted octanol–water partition coefficient (Wildman–Crippen LogP) is 1.64. The molecule has 0 aromatic carbocycles. The van der Waals surface area contributed by atoms with Gasteiger partial charge in [-0.3, -0.25) is 0 Å². The maximum absolute atomic E-state index is 11.0. The molecule has 2 aliphatic rings. The molecule has 0 aromatic rings. The van der Waals surface area contributed by atoms with Gasteiger partial charge in [0.2, 0.25) is 0 Å². The quantitative estimate of drug-likeness (QED) is 0.425. The van der Waals surface area contributed by atoms with Crippen molar-refractivity contribution in [3.63, 3.8) is 0 Å². The van der Waals surface area contributed by atoms with Crippen molar-refractivity contribution in [1.29, 1.82) is 0 Å². The number of hydrogen-bond acceptors (Lipinski definition) is 4. The van der Waals surface area contributed by atoms with E-state index in [4.69, 9.17) is 12.2 Å². The number of Topliss-reactive ketones (excluding diaryl/α,β-unsaturated/α-hetero) is 1. The number of nitrogens with zero attached hydrogens (tertiary/aromatic N) is 3. The lowest BCUT2D eigenvalue weighted by atomic mass is 10.2. The SMILES string of the molecule is CC(=O)CCCN1CCN(CCCC#CC2=CCNC(=S)N=C2)CC1. The van der Waals surface area contributed by atoms with Crippen molar-refractivity contribution in [3.8, 4) is 11.8 Å². The van der Waals surface area contributed by atoms with Crippen LogP contribution in [0.2, 0.25) is 0 Å². The lowest BCUT2D eigenvalue weighted by molar-refractivity contribution is -0.117. The molecule has 0 amide bonds. The van der Waals surface area contributed by atoms with E-state index in [0.29, 0.717) is 23.9 Å². The second-order valence-electron chi connectivity index (χ2n) is 6.50. The van der Waals surface area contributed by atoms with Crippen LogP contribution in [0.1, 0.15) is 32.6 Å². The summed E-state index contributed by atoms with van der Waals surface area (Å²) >= 11 is 5.00. The Morgan fingerprint density at radius 3 is 2.60 bits per heavy atom. The molecule has 6 heteroatoms. The van der Waals surface area contributed by atoms with Crippen LogP contribution >= 0.6 is 12.2 Å². The second kappa shape index (κ2) is 11.1. The minimum Gasteiger partial charge on any atom is -0.357 e. The van der Waals surface area contributed by atoms with E-state index in [9.17, 15) is 4.79 Å². The maximum Gasteiger partial charge on any atom is 0.192 e. The molecule has 0 aliphatic carbocycles. The molecule has 2 heterocycles. The highest BCUT2D eigenvalue weighted by Gasteiger charge is 2.15. The van der Waals surface area contributed by atoms with Crippen LogP contribution in [0.5, 0.6) is 0 Å². The lowest BCUT2D eigenvalue weighted by Gasteiger charge is -2.34. The molecule has 136 valence electrons. The Labute approximate surface area is 156 Å². The smallest absolute Gasteiger partial charge is 0.192 e. The number of piperazine rings is 1. The van der Waals surface area contributed by atoms with Gasteiger partial charge in [-0.25, -0.2) is 4.99 Å². The third-order valence-electron chi connectivity index (χ3n) is 4.37. The standard InChI is InChI=1S/C19H28N4OS/c1-17(24)6-5-11-23-14-12-22(13-15-23)10-4-2-3-7-18-8-9-20-19(25)21-16-18/h8,16H,2,4-6,9-15H2,1H3,(H,20,25). The first-order chi connectivity index (χ1) is 12.1. The molecular formula is C19H28N4OS. The monoisotopic (exact) mass is 360 g/mol. The molecule has 5 nitrogen and oxygen atoms in total. The number of allylic oxidation sites excluding steroid dienone is 1. The number of aliphatic imine (C=N–C) groups is 1. The van der Waals surface area contributed by atoms with Gasteiger partial charge in [-0.2, -0.15) is 0 Å². The summed E-state index contributed by atoms with van der Waals surface area (Å²) in [6, 6.07) is 0. The average molecular weight is 361 g/mol. The number of ketones is 1. The minimum absolute atomic E-state index is 0.296. The van der Waals surface area contributed by atoms with Gasteiger partial charge >= 0.3 is 0 Å². The number of hydrogen-bond donors (Lipinski definition) is 1. The van der Waals surface area contributed by atoms with Gasteiger partial charge < -0.3 is 19.9 Å². The summed E-state index contributed by atoms with van der Waals surface area (Å²) in [5, 5.41) is 3.52. The van der Waals surface area contributed by atoms with Crippen LogP contribution in [0.4, 0.5) is 0 Å². The van der Waals surface area contributed by atoms with Crippen molar-refractivity contribution < 1.29 is 4.79 Å². The van der Waals surface area contributed by atoms with Crippen LogP contribution in [-0.4, -0.2) is 72.7 Å². The van der Waals surface area contributed by atoms with Crippen molar-refractivity contribution in [1.82, 2.24) is 15.1 Å². The van der Waals surface area contributed by atoms with Crippen molar-refractivity contribution in [3.05, 3.63) is 11.6 Å². The minimum atomic E-state index is 0.296. The molecule has 0 aromatic heterocycles. The zero-order valence-corrected chi connectivity index (χ0v) is 15.9. The van der Waals surface area contributed by atoms with Gasteiger partial charge in [-0.1, -0.05) is 11.8 Å². The van der Waals surface area contributed by atoms with Gasteiger partial charge in [-0.05, 0) is 51.1 Å².